The second kappa shape index (κ2) is 8.74. The van der Waals surface area contributed by atoms with Gasteiger partial charge in [-0.1, -0.05) is 13.3 Å². The lowest BCUT2D eigenvalue weighted by atomic mass is 10.0. The highest BCUT2D eigenvalue weighted by Gasteiger charge is 2.19. The first kappa shape index (κ1) is 15.8. The second-order valence-electron chi connectivity index (χ2n) is 5.04. The first-order valence-corrected chi connectivity index (χ1v) is 7.11. The molecule has 1 saturated carbocycles. The van der Waals surface area contributed by atoms with E-state index in [0.717, 1.165) is 19.4 Å². The van der Waals surface area contributed by atoms with Gasteiger partial charge in [-0.25, -0.2) is 4.79 Å². The summed E-state index contributed by atoms with van der Waals surface area (Å²) in [5.74, 6) is -1.34. The molecule has 6 nitrogen and oxygen atoms in total. The van der Waals surface area contributed by atoms with E-state index < -0.39 is 11.9 Å². The Bertz CT molecular complexity index is 293. The van der Waals surface area contributed by atoms with Crippen LogP contribution in [0.2, 0.25) is 0 Å². The zero-order chi connectivity index (χ0) is 14.1. The van der Waals surface area contributed by atoms with E-state index in [0.29, 0.717) is 19.0 Å². The number of carbonyl (C=O) groups excluding carboxylic acids is 1. The molecule has 0 aliphatic heterocycles. The van der Waals surface area contributed by atoms with Crippen molar-refractivity contribution < 1.29 is 14.7 Å². The lowest BCUT2D eigenvalue weighted by Crippen LogP contribution is -2.40. The number of amides is 2. The maximum absolute atomic E-state index is 11.4. The molecule has 0 heterocycles. The Morgan fingerprint density at radius 3 is 2.58 bits per heavy atom. The monoisotopic (exact) mass is 271 g/mol. The third-order valence-corrected chi connectivity index (χ3v) is 3.14. The van der Waals surface area contributed by atoms with E-state index in [1.165, 1.54) is 12.8 Å². The highest BCUT2D eigenvalue weighted by molar-refractivity contribution is 5.75. The lowest BCUT2D eigenvalue weighted by Gasteiger charge is -2.13. The van der Waals surface area contributed by atoms with E-state index in [4.69, 9.17) is 5.11 Å². The fourth-order valence-electron chi connectivity index (χ4n) is 1.82. The van der Waals surface area contributed by atoms with Gasteiger partial charge in [0, 0.05) is 19.1 Å². The molecule has 0 aromatic rings. The van der Waals surface area contributed by atoms with Crippen LogP contribution in [0.5, 0.6) is 0 Å². The minimum atomic E-state index is -0.851. The summed E-state index contributed by atoms with van der Waals surface area (Å²) >= 11 is 0. The quantitative estimate of drug-likeness (QED) is 0.445. The average molecular weight is 271 g/mol. The van der Waals surface area contributed by atoms with Gasteiger partial charge in [0.2, 0.25) is 0 Å². The molecule has 0 aromatic carbocycles. The molecule has 0 saturated heterocycles. The van der Waals surface area contributed by atoms with Gasteiger partial charge >= 0.3 is 12.0 Å². The Balaban J connectivity index is 2.00. The van der Waals surface area contributed by atoms with Crippen molar-refractivity contribution in [3.63, 3.8) is 0 Å². The Hall–Kier alpha value is -1.30. The molecule has 1 atom stereocenters. The molecule has 4 N–H and O–H groups in total. The highest BCUT2D eigenvalue weighted by atomic mass is 16.4. The molecule has 0 aromatic heterocycles. The van der Waals surface area contributed by atoms with E-state index in [2.05, 4.69) is 16.0 Å². The minimum Gasteiger partial charge on any atom is -0.481 e. The average Bonchev–Trinajstić information content (AvgIpc) is 3.17. The summed E-state index contributed by atoms with van der Waals surface area (Å²) in [4.78, 5) is 22.3. The fraction of sp³-hybridized carbons (Fsp3) is 0.846. The van der Waals surface area contributed by atoms with Gasteiger partial charge in [0.05, 0.1) is 5.92 Å². The van der Waals surface area contributed by atoms with Crippen molar-refractivity contribution in [3.05, 3.63) is 0 Å². The van der Waals surface area contributed by atoms with Crippen molar-refractivity contribution in [1.29, 1.82) is 0 Å². The molecule has 110 valence electrons. The number of carboxylic acids is 1. The number of nitrogens with one attached hydrogen (secondary N) is 3. The number of carboxylic acid groups (broad SMARTS) is 1. The Kier molecular flexibility index (Phi) is 7.25. The van der Waals surface area contributed by atoms with Crippen LogP contribution in [0.25, 0.3) is 0 Å². The van der Waals surface area contributed by atoms with Crippen LogP contribution in [-0.2, 0) is 4.79 Å². The van der Waals surface area contributed by atoms with Crippen molar-refractivity contribution in [1.82, 2.24) is 16.0 Å². The predicted octanol–water partition coefficient (Wildman–Crippen LogP) is 0.929. The van der Waals surface area contributed by atoms with Crippen molar-refractivity contribution in [2.75, 3.05) is 19.6 Å². The fourth-order valence-corrected chi connectivity index (χ4v) is 1.82. The zero-order valence-corrected chi connectivity index (χ0v) is 11.6. The molecule has 6 heteroatoms. The summed E-state index contributed by atoms with van der Waals surface area (Å²) in [5.41, 5.74) is 0. The van der Waals surface area contributed by atoms with Crippen molar-refractivity contribution >= 4 is 12.0 Å². The highest BCUT2D eigenvalue weighted by Crippen LogP contribution is 2.18. The van der Waals surface area contributed by atoms with Gasteiger partial charge in [-0.2, -0.15) is 0 Å². The minimum absolute atomic E-state index is 0.190. The van der Waals surface area contributed by atoms with Crippen LogP contribution in [-0.4, -0.2) is 42.8 Å². The number of aliphatic carboxylic acids is 1. The van der Waals surface area contributed by atoms with E-state index in [9.17, 15) is 9.59 Å². The van der Waals surface area contributed by atoms with Gasteiger partial charge in [0.25, 0.3) is 0 Å². The Morgan fingerprint density at radius 1 is 1.26 bits per heavy atom. The molecular formula is C13H25N3O3. The number of carbonyl (C=O) groups is 2. The third-order valence-electron chi connectivity index (χ3n) is 3.14. The maximum Gasteiger partial charge on any atom is 0.314 e. The van der Waals surface area contributed by atoms with Gasteiger partial charge in [0.15, 0.2) is 0 Å². The molecule has 0 spiro atoms. The number of hydrogen-bond donors (Lipinski definition) is 4. The van der Waals surface area contributed by atoms with Crippen molar-refractivity contribution in [2.45, 2.75) is 45.1 Å². The van der Waals surface area contributed by atoms with Gasteiger partial charge in [-0.05, 0) is 32.2 Å². The molecule has 2 amide bonds. The summed E-state index contributed by atoms with van der Waals surface area (Å²) in [6.07, 6.45) is 4.80. The molecular weight excluding hydrogens is 246 g/mol. The molecule has 1 aliphatic rings. The first-order chi connectivity index (χ1) is 9.13. The summed E-state index contributed by atoms with van der Waals surface area (Å²) in [7, 11) is 0. The van der Waals surface area contributed by atoms with Gasteiger partial charge in [-0.15, -0.1) is 0 Å². The summed E-state index contributed by atoms with van der Waals surface area (Å²) < 4.78 is 0. The standard InChI is InChI=1S/C13H25N3O3/c1-2-4-10(12(17)18)9-16-13(19)15-8-3-7-14-11-5-6-11/h10-11,14H,2-9H2,1H3,(H,17,18)(H2,15,16,19). The van der Waals surface area contributed by atoms with Gasteiger partial charge < -0.3 is 21.1 Å². The van der Waals surface area contributed by atoms with Crippen LogP contribution in [0, 0.1) is 5.92 Å². The van der Waals surface area contributed by atoms with Gasteiger partial charge in [0.1, 0.15) is 0 Å². The first-order valence-electron chi connectivity index (χ1n) is 7.11. The van der Waals surface area contributed by atoms with Gasteiger partial charge in [-0.3, -0.25) is 4.79 Å². The SMILES string of the molecule is CCCC(CNC(=O)NCCCNC1CC1)C(=O)O. The van der Waals surface area contributed by atoms with E-state index in [-0.39, 0.29) is 12.6 Å². The number of rotatable bonds is 10. The number of hydrogen-bond acceptors (Lipinski definition) is 3. The molecule has 0 bridgehead atoms. The third kappa shape index (κ3) is 7.66. The van der Waals surface area contributed by atoms with Crippen LogP contribution >= 0.6 is 0 Å². The molecule has 0 radical (unpaired) electrons. The van der Waals surface area contributed by atoms with Crippen LogP contribution in [0.4, 0.5) is 4.79 Å². The summed E-state index contributed by atoms with van der Waals surface area (Å²) in [5, 5.41) is 17.6. The normalized spacial score (nSPS) is 15.8. The smallest absolute Gasteiger partial charge is 0.314 e. The van der Waals surface area contributed by atoms with Crippen LogP contribution < -0.4 is 16.0 Å². The van der Waals surface area contributed by atoms with E-state index >= 15 is 0 Å². The molecule has 1 unspecified atom stereocenters. The zero-order valence-electron chi connectivity index (χ0n) is 11.6. The topological polar surface area (TPSA) is 90.5 Å². The summed E-state index contributed by atoms with van der Waals surface area (Å²) in [6, 6.07) is 0.410. The molecule has 1 rings (SSSR count). The van der Waals surface area contributed by atoms with Crippen molar-refractivity contribution in [3.8, 4) is 0 Å². The van der Waals surface area contributed by atoms with Crippen molar-refractivity contribution in [2.24, 2.45) is 5.92 Å². The molecule has 19 heavy (non-hydrogen) atoms. The van der Waals surface area contributed by atoms with Crippen LogP contribution in [0.15, 0.2) is 0 Å². The number of urea groups is 1. The predicted molar refractivity (Wildman–Crippen MR) is 73.1 cm³/mol. The Morgan fingerprint density at radius 2 is 2.00 bits per heavy atom. The summed E-state index contributed by atoms with van der Waals surface area (Å²) in [6.45, 7) is 3.65. The lowest BCUT2D eigenvalue weighted by molar-refractivity contribution is -0.141. The molecule has 1 aliphatic carbocycles. The van der Waals surface area contributed by atoms with Crippen LogP contribution in [0.3, 0.4) is 0 Å². The largest absolute Gasteiger partial charge is 0.481 e. The molecule has 1 fully saturated rings. The van der Waals surface area contributed by atoms with E-state index in [1.54, 1.807) is 0 Å². The maximum atomic E-state index is 11.4. The second-order valence-corrected chi connectivity index (χ2v) is 5.04. The Labute approximate surface area is 114 Å². The van der Waals surface area contributed by atoms with E-state index in [1.807, 2.05) is 6.92 Å². The van der Waals surface area contributed by atoms with Crippen LogP contribution in [0.1, 0.15) is 39.0 Å².